The summed E-state index contributed by atoms with van der Waals surface area (Å²) < 4.78 is 0. The van der Waals surface area contributed by atoms with E-state index in [1.807, 2.05) is 13.8 Å². The Morgan fingerprint density at radius 1 is 1.24 bits per heavy atom. The molecular weight excluding hydrogens is 214 g/mol. The van der Waals surface area contributed by atoms with Crippen molar-refractivity contribution in [3.63, 3.8) is 0 Å². The molecule has 4 nitrogen and oxygen atoms in total. The zero-order valence-electron chi connectivity index (χ0n) is 11.3. The first-order chi connectivity index (χ1) is 7.46. The Hall–Kier alpha value is -1.36. The quantitative estimate of drug-likeness (QED) is 0.444. The standard InChI is InChI=1S/C13H21N3O/c1-10(7-14)13(17,9-15)16-12(5,6)8-11(2,3)4/h16-17H,1,8H2,2-6H3. The van der Waals surface area contributed by atoms with Crippen molar-refractivity contribution >= 4 is 0 Å². The van der Waals surface area contributed by atoms with Crippen LogP contribution in [0.15, 0.2) is 12.2 Å². The third-order valence-electron chi connectivity index (χ3n) is 2.23. The summed E-state index contributed by atoms with van der Waals surface area (Å²) in [5.41, 5.74) is -2.63. The van der Waals surface area contributed by atoms with Crippen molar-refractivity contribution in [2.24, 2.45) is 5.41 Å². The molecule has 0 aliphatic carbocycles. The monoisotopic (exact) mass is 235 g/mol. The second-order valence-electron chi connectivity index (χ2n) is 6.16. The first-order valence-corrected chi connectivity index (χ1v) is 5.48. The summed E-state index contributed by atoms with van der Waals surface area (Å²) in [4.78, 5) is 0. The van der Waals surface area contributed by atoms with E-state index in [9.17, 15) is 5.11 Å². The highest BCUT2D eigenvalue weighted by molar-refractivity contribution is 5.34. The molecule has 0 spiro atoms. The number of aliphatic hydroxyl groups is 1. The molecule has 0 rings (SSSR count). The topological polar surface area (TPSA) is 79.8 Å². The molecule has 0 saturated carbocycles. The van der Waals surface area contributed by atoms with Crippen LogP contribution in [0, 0.1) is 28.1 Å². The Balaban J connectivity index is 5.00. The van der Waals surface area contributed by atoms with Crippen molar-refractivity contribution in [3.05, 3.63) is 12.2 Å². The highest BCUT2D eigenvalue weighted by Gasteiger charge is 2.38. The molecule has 0 aromatic heterocycles. The van der Waals surface area contributed by atoms with Crippen molar-refractivity contribution < 1.29 is 5.11 Å². The molecule has 17 heavy (non-hydrogen) atoms. The maximum Gasteiger partial charge on any atom is 0.242 e. The van der Waals surface area contributed by atoms with Crippen molar-refractivity contribution in [1.82, 2.24) is 5.32 Å². The van der Waals surface area contributed by atoms with Crippen LogP contribution in [0.3, 0.4) is 0 Å². The van der Waals surface area contributed by atoms with Gasteiger partial charge in [-0.15, -0.1) is 0 Å². The van der Waals surface area contributed by atoms with Gasteiger partial charge in [-0.05, 0) is 25.7 Å². The minimum Gasteiger partial charge on any atom is -0.359 e. The van der Waals surface area contributed by atoms with Crippen LogP contribution >= 0.6 is 0 Å². The van der Waals surface area contributed by atoms with E-state index >= 15 is 0 Å². The molecule has 2 N–H and O–H groups in total. The zero-order chi connectivity index (χ0) is 13.9. The number of rotatable bonds is 4. The average molecular weight is 235 g/mol. The number of hydrogen-bond donors (Lipinski definition) is 2. The van der Waals surface area contributed by atoms with Crippen LogP contribution in [0.1, 0.15) is 41.0 Å². The van der Waals surface area contributed by atoms with Crippen LogP contribution in [0.4, 0.5) is 0 Å². The van der Waals surface area contributed by atoms with Crippen LogP contribution in [-0.4, -0.2) is 16.4 Å². The third-order valence-corrected chi connectivity index (χ3v) is 2.23. The molecule has 0 saturated heterocycles. The molecule has 0 amide bonds. The SMILES string of the molecule is C=C(C#N)C(O)(C#N)NC(C)(C)CC(C)(C)C. The van der Waals surface area contributed by atoms with E-state index in [1.54, 1.807) is 12.1 Å². The van der Waals surface area contributed by atoms with E-state index in [0.29, 0.717) is 0 Å². The van der Waals surface area contributed by atoms with E-state index < -0.39 is 11.3 Å². The van der Waals surface area contributed by atoms with Gasteiger partial charge in [0.2, 0.25) is 5.72 Å². The molecule has 1 atom stereocenters. The van der Waals surface area contributed by atoms with Crippen LogP contribution in [0.2, 0.25) is 0 Å². The third kappa shape index (κ3) is 4.99. The normalized spacial score (nSPS) is 15.5. The summed E-state index contributed by atoms with van der Waals surface area (Å²) in [5.74, 6) is 0. The fourth-order valence-corrected chi connectivity index (χ4v) is 2.11. The fraction of sp³-hybridized carbons (Fsp3) is 0.692. The summed E-state index contributed by atoms with van der Waals surface area (Å²) in [7, 11) is 0. The number of nitrogens with zero attached hydrogens (tertiary/aromatic N) is 2. The van der Waals surface area contributed by atoms with Crippen molar-refractivity contribution in [2.75, 3.05) is 0 Å². The van der Waals surface area contributed by atoms with Gasteiger partial charge >= 0.3 is 0 Å². The number of nitrogens with one attached hydrogen (secondary N) is 1. The molecule has 0 aromatic carbocycles. The maximum atomic E-state index is 10.0. The van der Waals surface area contributed by atoms with Crippen LogP contribution in [0.25, 0.3) is 0 Å². The van der Waals surface area contributed by atoms with E-state index in [-0.39, 0.29) is 11.0 Å². The van der Waals surface area contributed by atoms with Crippen LogP contribution in [-0.2, 0) is 0 Å². The fourth-order valence-electron chi connectivity index (χ4n) is 2.11. The van der Waals surface area contributed by atoms with E-state index in [4.69, 9.17) is 10.5 Å². The first-order valence-electron chi connectivity index (χ1n) is 5.48. The number of hydrogen-bond acceptors (Lipinski definition) is 4. The highest BCUT2D eigenvalue weighted by atomic mass is 16.3. The van der Waals surface area contributed by atoms with Crippen LogP contribution < -0.4 is 5.32 Å². The van der Waals surface area contributed by atoms with Crippen molar-refractivity contribution in [2.45, 2.75) is 52.3 Å². The van der Waals surface area contributed by atoms with Crippen molar-refractivity contribution in [1.29, 1.82) is 10.5 Å². The van der Waals surface area contributed by atoms with Gasteiger partial charge in [-0.3, -0.25) is 5.32 Å². The Morgan fingerprint density at radius 3 is 2.00 bits per heavy atom. The first kappa shape index (κ1) is 15.6. The van der Waals surface area contributed by atoms with Gasteiger partial charge in [0, 0.05) is 5.54 Å². The second kappa shape index (κ2) is 4.87. The molecule has 0 heterocycles. The van der Waals surface area contributed by atoms with Gasteiger partial charge < -0.3 is 5.11 Å². The summed E-state index contributed by atoms with van der Waals surface area (Å²) in [6.45, 7) is 13.4. The molecule has 0 aliphatic rings. The summed E-state index contributed by atoms with van der Waals surface area (Å²) >= 11 is 0. The van der Waals surface area contributed by atoms with E-state index in [1.165, 1.54) is 0 Å². The Morgan fingerprint density at radius 2 is 1.71 bits per heavy atom. The summed E-state index contributed by atoms with van der Waals surface area (Å²) in [5, 5.41) is 30.5. The number of nitriles is 2. The van der Waals surface area contributed by atoms with E-state index in [0.717, 1.165) is 6.42 Å². The lowest BCUT2D eigenvalue weighted by atomic mass is 9.81. The molecule has 0 aliphatic heterocycles. The largest absolute Gasteiger partial charge is 0.359 e. The van der Waals surface area contributed by atoms with Gasteiger partial charge in [0.25, 0.3) is 0 Å². The highest BCUT2D eigenvalue weighted by Crippen LogP contribution is 2.29. The Bertz CT molecular complexity index is 379. The predicted octanol–water partition coefficient (Wildman–Crippen LogP) is 2.08. The van der Waals surface area contributed by atoms with Gasteiger partial charge in [-0.25, -0.2) is 0 Å². The molecule has 0 bridgehead atoms. The lowest BCUT2D eigenvalue weighted by Crippen LogP contribution is -2.56. The van der Waals surface area contributed by atoms with Gasteiger partial charge in [0.05, 0.1) is 11.6 Å². The molecule has 94 valence electrons. The molecular formula is C13H21N3O. The second-order valence-corrected chi connectivity index (χ2v) is 6.16. The average Bonchev–Trinajstić information content (AvgIpc) is 2.11. The molecule has 0 aromatic rings. The van der Waals surface area contributed by atoms with Crippen LogP contribution in [0.5, 0.6) is 0 Å². The van der Waals surface area contributed by atoms with Gasteiger partial charge in [0.1, 0.15) is 6.07 Å². The van der Waals surface area contributed by atoms with E-state index in [2.05, 4.69) is 32.7 Å². The molecule has 0 fully saturated rings. The summed E-state index contributed by atoms with van der Waals surface area (Å²) in [6, 6.07) is 3.41. The maximum absolute atomic E-state index is 10.0. The zero-order valence-corrected chi connectivity index (χ0v) is 11.3. The minimum atomic E-state index is -2.00. The van der Waals surface area contributed by atoms with Crippen molar-refractivity contribution in [3.8, 4) is 12.1 Å². The minimum absolute atomic E-state index is 0.0425. The molecule has 4 heteroatoms. The van der Waals surface area contributed by atoms with Gasteiger partial charge in [-0.2, -0.15) is 10.5 Å². The van der Waals surface area contributed by atoms with Gasteiger partial charge in [-0.1, -0.05) is 27.4 Å². The lowest BCUT2D eigenvalue weighted by molar-refractivity contribution is 0.0574. The smallest absolute Gasteiger partial charge is 0.242 e. The molecule has 0 radical (unpaired) electrons. The lowest BCUT2D eigenvalue weighted by Gasteiger charge is -2.37. The predicted molar refractivity (Wildman–Crippen MR) is 66.6 cm³/mol. The summed E-state index contributed by atoms with van der Waals surface area (Å²) in [6.07, 6.45) is 0.739. The Labute approximate surface area is 104 Å². The molecule has 1 unspecified atom stereocenters. The van der Waals surface area contributed by atoms with Gasteiger partial charge in [0.15, 0.2) is 0 Å². The Kier molecular flexibility index (Phi) is 4.48.